The smallest absolute Gasteiger partial charge is 0.127 e. The summed E-state index contributed by atoms with van der Waals surface area (Å²) in [6.07, 6.45) is 5.67. The fraction of sp³-hybridized carbons (Fsp3) is 0.625. The summed E-state index contributed by atoms with van der Waals surface area (Å²) >= 11 is 6.29. The Labute approximate surface area is 121 Å². The molecule has 1 saturated carbocycles. The van der Waals surface area contributed by atoms with E-state index in [4.69, 9.17) is 22.1 Å². The molecule has 0 heterocycles. The van der Waals surface area contributed by atoms with Crippen LogP contribution in [-0.4, -0.2) is 7.11 Å². The lowest BCUT2D eigenvalue weighted by Gasteiger charge is -2.36. The zero-order valence-corrected chi connectivity index (χ0v) is 12.9. The maximum Gasteiger partial charge on any atom is 0.127 e. The summed E-state index contributed by atoms with van der Waals surface area (Å²) in [5.74, 6) is 1.31. The Balaban J connectivity index is 2.54. The van der Waals surface area contributed by atoms with Gasteiger partial charge in [-0.1, -0.05) is 44.7 Å². The van der Waals surface area contributed by atoms with E-state index in [1.807, 2.05) is 12.1 Å². The first-order valence-corrected chi connectivity index (χ1v) is 7.52. The number of methoxy groups -OCH3 is 1. The molecule has 1 aliphatic rings. The summed E-state index contributed by atoms with van der Waals surface area (Å²) in [4.78, 5) is 0. The normalized spacial score (nSPS) is 18.6. The first-order valence-electron chi connectivity index (χ1n) is 7.15. The van der Waals surface area contributed by atoms with E-state index in [1.54, 1.807) is 7.11 Å². The van der Waals surface area contributed by atoms with Gasteiger partial charge in [-0.3, -0.25) is 0 Å². The van der Waals surface area contributed by atoms with Gasteiger partial charge in [0.1, 0.15) is 5.75 Å². The highest BCUT2D eigenvalue weighted by molar-refractivity contribution is 6.30. The van der Waals surface area contributed by atoms with Crippen molar-refractivity contribution in [3.8, 4) is 5.75 Å². The van der Waals surface area contributed by atoms with Crippen LogP contribution in [0.4, 0.5) is 0 Å². The van der Waals surface area contributed by atoms with Crippen LogP contribution in [0.15, 0.2) is 12.1 Å². The molecule has 2 rings (SSSR count). The average Bonchev–Trinajstić information content (AvgIpc) is 2.38. The van der Waals surface area contributed by atoms with E-state index in [9.17, 15) is 0 Å². The maximum atomic E-state index is 6.66. The molecule has 1 fully saturated rings. The van der Waals surface area contributed by atoms with Gasteiger partial charge in [-0.2, -0.15) is 0 Å². The van der Waals surface area contributed by atoms with Crippen LogP contribution in [0.2, 0.25) is 5.02 Å². The molecule has 106 valence electrons. The first-order chi connectivity index (χ1) is 8.98. The Bertz CT molecular complexity index is 450. The maximum absolute atomic E-state index is 6.66. The largest absolute Gasteiger partial charge is 0.496 e. The molecule has 2 nitrogen and oxygen atoms in total. The molecular formula is C16H24ClNO. The summed E-state index contributed by atoms with van der Waals surface area (Å²) in [7, 11) is 1.73. The van der Waals surface area contributed by atoms with Gasteiger partial charge in [-0.05, 0) is 36.5 Å². The highest BCUT2D eigenvalue weighted by Crippen LogP contribution is 2.43. The number of nitrogens with two attached hydrogens (primary N) is 1. The molecule has 0 aliphatic heterocycles. The van der Waals surface area contributed by atoms with E-state index in [-0.39, 0.29) is 5.54 Å². The van der Waals surface area contributed by atoms with Crippen molar-refractivity contribution in [3.63, 3.8) is 0 Å². The highest BCUT2D eigenvalue weighted by Gasteiger charge is 2.33. The average molecular weight is 282 g/mol. The Hall–Kier alpha value is -0.730. The summed E-state index contributed by atoms with van der Waals surface area (Å²) < 4.78 is 5.67. The molecule has 0 unspecified atom stereocenters. The second-order valence-corrected chi connectivity index (χ2v) is 6.38. The van der Waals surface area contributed by atoms with Gasteiger partial charge in [0.15, 0.2) is 0 Å². The van der Waals surface area contributed by atoms with Crippen molar-refractivity contribution < 1.29 is 4.74 Å². The fourth-order valence-electron chi connectivity index (χ4n) is 3.09. The summed E-state index contributed by atoms with van der Waals surface area (Å²) in [6.45, 7) is 4.31. The predicted molar refractivity (Wildman–Crippen MR) is 81.0 cm³/mol. The second kappa shape index (κ2) is 5.72. The third-order valence-electron chi connectivity index (χ3n) is 4.19. The van der Waals surface area contributed by atoms with E-state index in [2.05, 4.69) is 13.8 Å². The highest BCUT2D eigenvalue weighted by atomic mass is 35.5. The van der Waals surface area contributed by atoms with Gasteiger partial charge >= 0.3 is 0 Å². The van der Waals surface area contributed by atoms with E-state index in [1.165, 1.54) is 19.3 Å². The van der Waals surface area contributed by atoms with Crippen LogP contribution in [0, 0.1) is 0 Å². The van der Waals surface area contributed by atoms with E-state index < -0.39 is 0 Å². The Kier molecular flexibility index (Phi) is 4.42. The summed E-state index contributed by atoms with van der Waals surface area (Å²) in [6, 6.07) is 4.00. The number of hydrogen-bond donors (Lipinski definition) is 1. The van der Waals surface area contributed by atoms with Gasteiger partial charge in [0.05, 0.1) is 7.11 Å². The lowest BCUT2D eigenvalue weighted by Crippen LogP contribution is -2.39. The van der Waals surface area contributed by atoms with Gasteiger partial charge in [0, 0.05) is 16.1 Å². The fourth-order valence-corrected chi connectivity index (χ4v) is 3.32. The van der Waals surface area contributed by atoms with Crippen molar-refractivity contribution in [3.05, 3.63) is 28.3 Å². The minimum atomic E-state index is -0.280. The molecule has 0 saturated heterocycles. The summed E-state index contributed by atoms with van der Waals surface area (Å²) in [5, 5.41) is 0.759. The third kappa shape index (κ3) is 2.90. The van der Waals surface area contributed by atoms with Gasteiger partial charge in [-0.15, -0.1) is 0 Å². The molecule has 0 amide bonds. The molecule has 0 atom stereocenters. The minimum Gasteiger partial charge on any atom is -0.496 e. The zero-order chi connectivity index (χ0) is 14.0. The molecule has 3 heteroatoms. The zero-order valence-electron chi connectivity index (χ0n) is 12.1. The van der Waals surface area contributed by atoms with Crippen LogP contribution in [0.25, 0.3) is 0 Å². The van der Waals surface area contributed by atoms with Gasteiger partial charge in [-0.25, -0.2) is 0 Å². The topological polar surface area (TPSA) is 35.2 Å². The van der Waals surface area contributed by atoms with Crippen molar-refractivity contribution >= 4 is 11.6 Å². The number of rotatable bonds is 3. The monoisotopic (exact) mass is 281 g/mol. The molecule has 0 radical (unpaired) electrons. The Morgan fingerprint density at radius 3 is 2.37 bits per heavy atom. The van der Waals surface area contributed by atoms with Crippen molar-refractivity contribution in [2.24, 2.45) is 5.73 Å². The number of benzene rings is 1. The second-order valence-electron chi connectivity index (χ2n) is 5.95. The van der Waals surface area contributed by atoms with Crippen molar-refractivity contribution in [2.45, 2.75) is 57.4 Å². The number of hydrogen-bond acceptors (Lipinski definition) is 2. The lowest BCUT2D eigenvalue weighted by atomic mass is 9.76. The summed E-state index contributed by atoms with van der Waals surface area (Å²) in [5.41, 5.74) is 8.62. The van der Waals surface area contributed by atoms with Crippen LogP contribution in [-0.2, 0) is 5.54 Å². The number of halogens is 1. The van der Waals surface area contributed by atoms with Gasteiger partial charge < -0.3 is 10.5 Å². The Morgan fingerprint density at radius 2 is 1.84 bits per heavy atom. The van der Waals surface area contributed by atoms with Crippen molar-refractivity contribution in [1.82, 2.24) is 0 Å². The molecular weight excluding hydrogens is 258 g/mol. The van der Waals surface area contributed by atoms with E-state index >= 15 is 0 Å². The van der Waals surface area contributed by atoms with Gasteiger partial charge in [0.2, 0.25) is 0 Å². The van der Waals surface area contributed by atoms with Crippen molar-refractivity contribution in [2.75, 3.05) is 7.11 Å². The minimum absolute atomic E-state index is 0.280. The third-order valence-corrected chi connectivity index (χ3v) is 4.41. The number of ether oxygens (including phenoxy) is 1. The molecule has 1 aliphatic carbocycles. The SMILES string of the molecule is COc1c(C(C)C)cc(Cl)cc1C1(N)CCCCC1. The first kappa shape index (κ1) is 14.7. The van der Waals surface area contributed by atoms with Crippen LogP contribution in [0.3, 0.4) is 0 Å². The standard InChI is InChI=1S/C16H24ClNO/c1-11(2)13-9-12(17)10-14(15(13)19-3)16(18)7-5-4-6-8-16/h9-11H,4-8,18H2,1-3H3. The Morgan fingerprint density at radius 1 is 1.21 bits per heavy atom. The predicted octanol–water partition coefficient (Wildman–Crippen LogP) is 4.59. The molecule has 0 spiro atoms. The van der Waals surface area contributed by atoms with Crippen LogP contribution in [0.5, 0.6) is 5.75 Å². The van der Waals surface area contributed by atoms with E-state index in [0.29, 0.717) is 5.92 Å². The molecule has 1 aromatic rings. The lowest BCUT2D eigenvalue weighted by molar-refractivity contribution is 0.288. The van der Waals surface area contributed by atoms with Crippen LogP contribution >= 0.6 is 11.6 Å². The molecule has 2 N–H and O–H groups in total. The van der Waals surface area contributed by atoms with Crippen LogP contribution < -0.4 is 10.5 Å². The molecule has 19 heavy (non-hydrogen) atoms. The molecule has 0 aromatic heterocycles. The van der Waals surface area contributed by atoms with Gasteiger partial charge in [0.25, 0.3) is 0 Å². The quantitative estimate of drug-likeness (QED) is 0.879. The van der Waals surface area contributed by atoms with Crippen LogP contribution in [0.1, 0.15) is 63.0 Å². The van der Waals surface area contributed by atoms with E-state index in [0.717, 1.165) is 34.7 Å². The molecule has 0 bridgehead atoms. The molecule has 1 aromatic carbocycles. The van der Waals surface area contributed by atoms with Crippen molar-refractivity contribution in [1.29, 1.82) is 0 Å².